The van der Waals surface area contributed by atoms with Gasteiger partial charge in [-0.2, -0.15) is 0 Å². The summed E-state index contributed by atoms with van der Waals surface area (Å²) >= 11 is 0. The molecule has 1 fully saturated rings. The molecular weight excluding hydrogens is 201 g/mol. The van der Waals surface area contributed by atoms with Gasteiger partial charge in [-0.3, -0.25) is 0 Å². The normalized spacial score (nSPS) is 28.8. The second-order valence-electron chi connectivity index (χ2n) is 4.63. The molecule has 16 heavy (non-hydrogen) atoms. The van der Waals surface area contributed by atoms with E-state index in [0.29, 0.717) is 17.9 Å². The van der Waals surface area contributed by atoms with E-state index in [-0.39, 0.29) is 5.82 Å². The molecule has 0 aromatic heterocycles. The predicted octanol–water partition coefficient (Wildman–Crippen LogP) is 3.32. The predicted molar refractivity (Wildman–Crippen MR) is 65.0 cm³/mol. The number of hydrogen-bond donors (Lipinski definition) is 1. The SMILES string of the molecule is CCNC1CC(c2ccc(F)cc2)C1CC. The van der Waals surface area contributed by atoms with E-state index in [0.717, 1.165) is 6.54 Å². The lowest BCUT2D eigenvalue weighted by atomic mass is 9.65. The fraction of sp³-hybridized carbons (Fsp3) is 0.571. The molecule has 0 saturated heterocycles. The van der Waals surface area contributed by atoms with Crippen molar-refractivity contribution in [1.82, 2.24) is 5.32 Å². The molecule has 0 radical (unpaired) electrons. The van der Waals surface area contributed by atoms with Gasteiger partial charge in [0.1, 0.15) is 5.82 Å². The fourth-order valence-corrected chi connectivity index (χ4v) is 2.87. The molecule has 1 N–H and O–H groups in total. The summed E-state index contributed by atoms with van der Waals surface area (Å²) in [5.74, 6) is 1.19. The van der Waals surface area contributed by atoms with E-state index in [9.17, 15) is 4.39 Å². The summed E-state index contributed by atoms with van der Waals surface area (Å²) < 4.78 is 12.8. The van der Waals surface area contributed by atoms with Crippen molar-refractivity contribution in [3.8, 4) is 0 Å². The Morgan fingerprint density at radius 1 is 1.25 bits per heavy atom. The highest BCUT2D eigenvalue weighted by atomic mass is 19.1. The Balaban J connectivity index is 2.04. The van der Waals surface area contributed by atoms with E-state index in [4.69, 9.17) is 0 Å². The minimum Gasteiger partial charge on any atom is -0.314 e. The highest BCUT2D eigenvalue weighted by Crippen LogP contribution is 2.44. The van der Waals surface area contributed by atoms with E-state index in [1.165, 1.54) is 18.4 Å². The number of rotatable bonds is 4. The Morgan fingerprint density at radius 3 is 2.50 bits per heavy atom. The standard InChI is InChI=1S/C14H20FN/c1-3-12-13(9-14(12)16-4-2)10-5-7-11(15)8-6-10/h5-8,12-14,16H,3-4,9H2,1-2H3. The lowest BCUT2D eigenvalue weighted by molar-refractivity contribution is 0.163. The zero-order valence-electron chi connectivity index (χ0n) is 10.0. The summed E-state index contributed by atoms with van der Waals surface area (Å²) in [6.07, 6.45) is 2.39. The van der Waals surface area contributed by atoms with Gasteiger partial charge < -0.3 is 5.32 Å². The van der Waals surface area contributed by atoms with Gasteiger partial charge in [0.05, 0.1) is 0 Å². The minimum atomic E-state index is -0.139. The number of nitrogens with one attached hydrogen (secondary N) is 1. The van der Waals surface area contributed by atoms with Gasteiger partial charge in [0, 0.05) is 6.04 Å². The van der Waals surface area contributed by atoms with Crippen molar-refractivity contribution in [2.45, 2.75) is 38.6 Å². The van der Waals surface area contributed by atoms with Crippen LogP contribution < -0.4 is 5.32 Å². The Kier molecular flexibility index (Phi) is 3.59. The molecule has 1 aliphatic rings. The quantitative estimate of drug-likeness (QED) is 0.822. The molecule has 1 saturated carbocycles. The summed E-state index contributed by atoms with van der Waals surface area (Å²) in [6, 6.07) is 7.67. The molecule has 1 aromatic carbocycles. The summed E-state index contributed by atoms with van der Waals surface area (Å²) in [5.41, 5.74) is 1.29. The van der Waals surface area contributed by atoms with Gasteiger partial charge in [0.2, 0.25) is 0 Å². The molecule has 0 amide bonds. The molecule has 1 aliphatic carbocycles. The van der Waals surface area contributed by atoms with Crippen LogP contribution in [0.2, 0.25) is 0 Å². The smallest absolute Gasteiger partial charge is 0.123 e. The highest BCUT2D eigenvalue weighted by Gasteiger charge is 2.39. The summed E-state index contributed by atoms with van der Waals surface area (Å²) in [7, 11) is 0. The van der Waals surface area contributed by atoms with Crippen LogP contribution in [0.4, 0.5) is 4.39 Å². The number of benzene rings is 1. The number of hydrogen-bond acceptors (Lipinski definition) is 1. The third-order valence-corrected chi connectivity index (χ3v) is 3.78. The van der Waals surface area contributed by atoms with Crippen LogP contribution in [0.1, 0.15) is 38.2 Å². The zero-order valence-corrected chi connectivity index (χ0v) is 10.0. The van der Waals surface area contributed by atoms with Gasteiger partial charge in [-0.25, -0.2) is 4.39 Å². The van der Waals surface area contributed by atoms with Crippen molar-refractivity contribution < 1.29 is 4.39 Å². The van der Waals surface area contributed by atoms with Crippen molar-refractivity contribution in [1.29, 1.82) is 0 Å². The van der Waals surface area contributed by atoms with Crippen LogP contribution in [0.3, 0.4) is 0 Å². The molecule has 1 nitrogen and oxygen atoms in total. The van der Waals surface area contributed by atoms with E-state index in [1.807, 2.05) is 12.1 Å². The minimum absolute atomic E-state index is 0.139. The molecule has 2 heteroatoms. The van der Waals surface area contributed by atoms with Crippen LogP contribution in [0.5, 0.6) is 0 Å². The second-order valence-corrected chi connectivity index (χ2v) is 4.63. The third kappa shape index (κ3) is 2.12. The summed E-state index contributed by atoms with van der Waals surface area (Å²) in [4.78, 5) is 0. The van der Waals surface area contributed by atoms with Gasteiger partial charge in [-0.1, -0.05) is 32.4 Å². The topological polar surface area (TPSA) is 12.0 Å². The maximum absolute atomic E-state index is 12.8. The van der Waals surface area contributed by atoms with E-state index in [1.54, 1.807) is 12.1 Å². The van der Waals surface area contributed by atoms with Crippen LogP contribution in [0, 0.1) is 11.7 Å². The Labute approximate surface area is 97.1 Å². The summed E-state index contributed by atoms with van der Waals surface area (Å²) in [6.45, 7) is 5.43. The Bertz CT molecular complexity index is 333. The fourth-order valence-electron chi connectivity index (χ4n) is 2.87. The molecule has 0 spiro atoms. The van der Waals surface area contributed by atoms with Crippen LogP contribution in [0.15, 0.2) is 24.3 Å². The van der Waals surface area contributed by atoms with Crippen molar-refractivity contribution in [2.75, 3.05) is 6.54 Å². The molecule has 1 aromatic rings. The average molecular weight is 221 g/mol. The van der Waals surface area contributed by atoms with Crippen molar-refractivity contribution in [3.05, 3.63) is 35.6 Å². The Hall–Kier alpha value is -0.890. The molecule has 3 unspecified atom stereocenters. The molecule has 2 rings (SSSR count). The first-order chi connectivity index (χ1) is 7.76. The monoisotopic (exact) mass is 221 g/mol. The maximum atomic E-state index is 12.8. The molecule has 88 valence electrons. The van der Waals surface area contributed by atoms with E-state index >= 15 is 0 Å². The summed E-state index contributed by atoms with van der Waals surface area (Å²) in [5, 5.41) is 3.52. The first-order valence-electron chi connectivity index (χ1n) is 6.25. The highest BCUT2D eigenvalue weighted by molar-refractivity contribution is 5.25. The van der Waals surface area contributed by atoms with Crippen LogP contribution in [-0.2, 0) is 0 Å². The van der Waals surface area contributed by atoms with Crippen LogP contribution in [0.25, 0.3) is 0 Å². The average Bonchev–Trinajstić information content (AvgIpc) is 2.26. The van der Waals surface area contributed by atoms with Crippen LogP contribution >= 0.6 is 0 Å². The van der Waals surface area contributed by atoms with Gasteiger partial charge in [0.25, 0.3) is 0 Å². The van der Waals surface area contributed by atoms with Crippen molar-refractivity contribution in [2.24, 2.45) is 5.92 Å². The number of halogens is 1. The van der Waals surface area contributed by atoms with E-state index in [2.05, 4.69) is 19.2 Å². The van der Waals surface area contributed by atoms with Crippen molar-refractivity contribution >= 4 is 0 Å². The van der Waals surface area contributed by atoms with Crippen LogP contribution in [-0.4, -0.2) is 12.6 Å². The molecule has 0 bridgehead atoms. The molecule has 3 atom stereocenters. The van der Waals surface area contributed by atoms with E-state index < -0.39 is 0 Å². The Morgan fingerprint density at radius 2 is 1.94 bits per heavy atom. The lowest BCUT2D eigenvalue weighted by Crippen LogP contribution is -2.48. The maximum Gasteiger partial charge on any atom is 0.123 e. The molecular formula is C14H20FN. The van der Waals surface area contributed by atoms with Gasteiger partial charge in [-0.15, -0.1) is 0 Å². The zero-order chi connectivity index (χ0) is 11.5. The third-order valence-electron chi connectivity index (χ3n) is 3.78. The largest absolute Gasteiger partial charge is 0.314 e. The first kappa shape index (κ1) is 11.6. The van der Waals surface area contributed by atoms with Crippen molar-refractivity contribution in [3.63, 3.8) is 0 Å². The molecule has 0 heterocycles. The van der Waals surface area contributed by atoms with Gasteiger partial charge in [0.15, 0.2) is 0 Å². The molecule has 0 aliphatic heterocycles. The second kappa shape index (κ2) is 4.96. The first-order valence-corrected chi connectivity index (χ1v) is 6.25. The van der Waals surface area contributed by atoms with Gasteiger partial charge >= 0.3 is 0 Å². The lowest BCUT2D eigenvalue weighted by Gasteiger charge is -2.45. The van der Waals surface area contributed by atoms with Gasteiger partial charge in [-0.05, 0) is 42.5 Å².